The van der Waals surface area contributed by atoms with Crippen LogP contribution >= 0.6 is 11.6 Å². The van der Waals surface area contributed by atoms with Crippen LogP contribution in [0.15, 0.2) is 48.7 Å². The standard InChI is InChI=1S/C27H25ClF6N2O/c1-6-25(4,17-10-18(26(29,30)31)12-19(11-17)27(32,33)34)24(37)36(5)22-14-35-23(28)13-21(22)20-9-7-8-15(2)16(20)3/h7-14H,6H2,1-5H3. The van der Waals surface area contributed by atoms with E-state index in [2.05, 4.69) is 4.98 Å². The second-order valence-electron chi connectivity index (χ2n) is 9.12. The van der Waals surface area contributed by atoms with E-state index >= 15 is 0 Å². The summed E-state index contributed by atoms with van der Waals surface area (Å²) in [5, 5.41) is 0.159. The van der Waals surface area contributed by atoms with Crippen LogP contribution in [0, 0.1) is 13.8 Å². The highest BCUT2D eigenvalue weighted by molar-refractivity contribution is 6.29. The number of aryl methyl sites for hydroxylation is 1. The van der Waals surface area contributed by atoms with Gasteiger partial charge in [-0.3, -0.25) is 4.79 Å². The molecule has 3 aromatic rings. The van der Waals surface area contributed by atoms with Gasteiger partial charge in [0.1, 0.15) is 5.15 Å². The highest BCUT2D eigenvalue weighted by Gasteiger charge is 2.42. The molecule has 3 nitrogen and oxygen atoms in total. The summed E-state index contributed by atoms with van der Waals surface area (Å²) in [6.07, 6.45) is -8.76. The number of rotatable bonds is 5. The Balaban J connectivity index is 2.19. The van der Waals surface area contributed by atoms with Crippen LogP contribution in [-0.2, 0) is 22.6 Å². The maximum Gasteiger partial charge on any atom is 0.416 e. The van der Waals surface area contributed by atoms with E-state index in [1.54, 1.807) is 6.07 Å². The summed E-state index contributed by atoms with van der Waals surface area (Å²) in [7, 11) is 1.41. The van der Waals surface area contributed by atoms with E-state index in [4.69, 9.17) is 11.6 Å². The number of nitrogens with zero attached hydrogens (tertiary/aromatic N) is 2. The number of carbonyl (C=O) groups excluding carboxylic acids is 1. The molecule has 1 atom stereocenters. The zero-order valence-electron chi connectivity index (χ0n) is 20.8. The maximum atomic E-state index is 13.8. The average molecular weight is 543 g/mol. The third-order valence-electron chi connectivity index (χ3n) is 6.81. The van der Waals surface area contributed by atoms with Crippen molar-refractivity contribution in [3.05, 3.63) is 81.6 Å². The lowest BCUT2D eigenvalue weighted by Crippen LogP contribution is -2.43. The Hall–Kier alpha value is -3.07. The van der Waals surface area contributed by atoms with Crippen molar-refractivity contribution >= 4 is 23.2 Å². The molecule has 0 spiro atoms. The lowest BCUT2D eigenvalue weighted by atomic mass is 9.77. The van der Waals surface area contributed by atoms with E-state index in [1.165, 1.54) is 32.0 Å². The quantitative estimate of drug-likeness (QED) is 0.240. The van der Waals surface area contributed by atoms with E-state index in [0.717, 1.165) is 16.7 Å². The molecule has 0 bridgehead atoms. The van der Waals surface area contributed by atoms with Gasteiger partial charge in [0, 0.05) is 12.6 Å². The molecule has 0 aliphatic heterocycles. The SMILES string of the molecule is CCC(C)(C(=O)N(C)c1cnc(Cl)cc1-c1cccc(C)c1C)c1cc(C(F)(F)F)cc(C(F)(F)F)c1. The number of pyridine rings is 1. The zero-order chi connectivity index (χ0) is 27.9. The molecule has 10 heteroatoms. The van der Waals surface area contributed by atoms with Crippen molar-refractivity contribution in [3.63, 3.8) is 0 Å². The molecule has 0 aliphatic carbocycles. The molecular formula is C27H25ClF6N2O. The van der Waals surface area contributed by atoms with Crippen molar-refractivity contribution in [2.24, 2.45) is 0 Å². The monoisotopic (exact) mass is 542 g/mol. The van der Waals surface area contributed by atoms with Crippen LogP contribution in [0.2, 0.25) is 5.15 Å². The van der Waals surface area contributed by atoms with Gasteiger partial charge >= 0.3 is 12.4 Å². The summed E-state index contributed by atoms with van der Waals surface area (Å²) in [6, 6.07) is 8.40. The van der Waals surface area contributed by atoms with Crippen LogP contribution in [0.25, 0.3) is 11.1 Å². The van der Waals surface area contributed by atoms with E-state index in [1.807, 2.05) is 32.0 Å². The molecule has 37 heavy (non-hydrogen) atoms. The highest BCUT2D eigenvalue weighted by Crippen LogP contribution is 2.42. The van der Waals surface area contributed by atoms with Crippen LogP contribution in [0.4, 0.5) is 32.0 Å². The van der Waals surface area contributed by atoms with Gasteiger partial charge in [-0.2, -0.15) is 26.3 Å². The smallest absolute Gasteiger partial charge is 0.313 e. The van der Waals surface area contributed by atoms with Crippen molar-refractivity contribution in [2.75, 3.05) is 11.9 Å². The lowest BCUT2D eigenvalue weighted by Gasteiger charge is -2.34. The molecule has 1 unspecified atom stereocenters. The second kappa shape index (κ2) is 10.0. The predicted octanol–water partition coefficient (Wildman–Crippen LogP) is 8.39. The third kappa shape index (κ3) is 5.61. The maximum absolute atomic E-state index is 13.8. The van der Waals surface area contributed by atoms with Gasteiger partial charge in [-0.15, -0.1) is 0 Å². The Morgan fingerprint density at radius 3 is 1.97 bits per heavy atom. The van der Waals surface area contributed by atoms with Gasteiger partial charge < -0.3 is 4.90 Å². The molecule has 0 saturated carbocycles. The number of likely N-dealkylation sites (N-methyl/N-ethyl adjacent to an activating group) is 1. The average Bonchev–Trinajstić information content (AvgIpc) is 2.83. The van der Waals surface area contributed by atoms with Crippen molar-refractivity contribution in [1.29, 1.82) is 0 Å². The first-order valence-corrected chi connectivity index (χ1v) is 11.7. The minimum absolute atomic E-state index is 0.0511. The highest BCUT2D eigenvalue weighted by atomic mass is 35.5. The Kier molecular flexibility index (Phi) is 7.71. The van der Waals surface area contributed by atoms with Crippen molar-refractivity contribution in [2.45, 2.75) is 51.9 Å². The number of alkyl halides is 6. The molecule has 0 N–H and O–H groups in total. The predicted molar refractivity (Wildman–Crippen MR) is 132 cm³/mol. The van der Waals surface area contributed by atoms with Gasteiger partial charge in [0.25, 0.3) is 0 Å². The molecule has 1 aromatic heterocycles. The first-order valence-electron chi connectivity index (χ1n) is 11.3. The Bertz CT molecular complexity index is 1300. The van der Waals surface area contributed by atoms with E-state index < -0.39 is 34.8 Å². The van der Waals surface area contributed by atoms with Gasteiger partial charge in [0.05, 0.1) is 28.4 Å². The fourth-order valence-electron chi connectivity index (χ4n) is 4.18. The summed E-state index contributed by atoms with van der Waals surface area (Å²) < 4.78 is 81.1. The topological polar surface area (TPSA) is 33.2 Å². The third-order valence-corrected chi connectivity index (χ3v) is 7.02. The molecular weight excluding hydrogens is 518 g/mol. The van der Waals surface area contributed by atoms with Gasteiger partial charge in [0.2, 0.25) is 5.91 Å². The summed E-state index contributed by atoms with van der Waals surface area (Å²) in [6.45, 7) is 6.67. The molecule has 1 heterocycles. The van der Waals surface area contributed by atoms with E-state index in [-0.39, 0.29) is 23.2 Å². The van der Waals surface area contributed by atoms with Crippen LogP contribution in [0.5, 0.6) is 0 Å². The van der Waals surface area contributed by atoms with Crippen molar-refractivity contribution in [3.8, 4) is 11.1 Å². The summed E-state index contributed by atoms with van der Waals surface area (Å²) in [5.74, 6) is -0.696. The molecule has 0 radical (unpaired) electrons. The number of amides is 1. The van der Waals surface area contributed by atoms with Gasteiger partial charge in [0.15, 0.2) is 0 Å². The summed E-state index contributed by atoms with van der Waals surface area (Å²) >= 11 is 6.15. The first kappa shape index (κ1) is 28.5. The summed E-state index contributed by atoms with van der Waals surface area (Å²) in [4.78, 5) is 19.1. The molecule has 0 aliphatic rings. The van der Waals surface area contributed by atoms with Crippen LogP contribution < -0.4 is 4.90 Å². The molecule has 1 amide bonds. The molecule has 0 fully saturated rings. The molecule has 198 valence electrons. The van der Waals surface area contributed by atoms with E-state index in [0.29, 0.717) is 23.4 Å². The largest absolute Gasteiger partial charge is 0.416 e. The Labute approximate surface area is 216 Å². The van der Waals surface area contributed by atoms with Crippen LogP contribution in [-0.4, -0.2) is 17.9 Å². The fraction of sp³-hybridized carbons (Fsp3) is 0.333. The lowest BCUT2D eigenvalue weighted by molar-refractivity contribution is -0.143. The number of anilines is 1. The molecule has 3 rings (SSSR count). The van der Waals surface area contributed by atoms with Gasteiger partial charge in [-0.05, 0) is 73.7 Å². The minimum atomic E-state index is -5.03. The van der Waals surface area contributed by atoms with Crippen molar-refractivity contribution < 1.29 is 31.1 Å². The number of aromatic nitrogens is 1. The van der Waals surface area contributed by atoms with Crippen molar-refractivity contribution in [1.82, 2.24) is 4.98 Å². The van der Waals surface area contributed by atoms with Crippen LogP contribution in [0.3, 0.4) is 0 Å². The first-order chi connectivity index (χ1) is 17.0. The van der Waals surface area contributed by atoms with Gasteiger partial charge in [-0.1, -0.05) is 36.7 Å². The van der Waals surface area contributed by atoms with E-state index in [9.17, 15) is 31.1 Å². The fourth-order valence-corrected chi connectivity index (χ4v) is 4.34. The second-order valence-corrected chi connectivity index (χ2v) is 9.50. The molecule has 0 saturated heterocycles. The number of halogens is 7. The Morgan fingerprint density at radius 1 is 0.919 bits per heavy atom. The number of carbonyl (C=O) groups is 1. The number of benzene rings is 2. The Morgan fingerprint density at radius 2 is 1.46 bits per heavy atom. The summed E-state index contributed by atoms with van der Waals surface area (Å²) in [5.41, 5.74) is -1.53. The molecule has 2 aromatic carbocycles. The number of hydrogen-bond donors (Lipinski definition) is 0. The normalized spacial score (nSPS) is 13.8. The number of hydrogen-bond acceptors (Lipinski definition) is 2. The zero-order valence-corrected chi connectivity index (χ0v) is 21.5. The minimum Gasteiger partial charge on any atom is -0.313 e. The van der Waals surface area contributed by atoms with Gasteiger partial charge in [-0.25, -0.2) is 4.98 Å². The van der Waals surface area contributed by atoms with Crippen LogP contribution in [0.1, 0.15) is 48.1 Å².